The van der Waals surface area contributed by atoms with E-state index in [1.807, 2.05) is 0 Å². The van der Waals surface area contributed by atoms with Crippen LogP contribution in [0.5, 0.6) is 0 Å². The second kappa shape index (κ2) is 9.23. The number of halogens is 3. The quantitative estimate of drug-likeness (QED) is 0.551. The van der Waals surface area contributed by atoms with Crippen LogP contribution >= 0.6 is 0 Å². The normalized spacial score (nSPS) is 15.4. The number of carbonyl (C=O) groups excluding carboxylic acids is 1. The number of pyridine rings is 1. The number of carbonyl (C=O) groups is 1. The Morgan fingerprint density at radius 2 is 1.80 bits per heavy atom. The average Bonchev–Trinajstić information content (AvgIpc) is 2.79. The predicted molar refractivity (Wildman–Crippen MR) is 120 cm³/mol. The first-order valence-corrected chi connectivity index (χ1v) is 11.1. The largest absolute Gasteiger partial charge is 0.444 e. The number of rotatable bonds is 3. The molecular weight excluding hydrogens is 465 g/mol. The highest BCUT2D eigenvalue weighted by atomic mass is 19.4. The van der Waals surface area contributed by atoms with Gasteiger partial charge in [-0.1, -0.05) is 0 Å². The topological polar surface area (TPSA) is 103 Å². The molecule has 1 amide bonds. The predicted octanol–water partition coefficient (Wildman–Crippen LogP) is 3.76. The van der Waals surface area contributed by atoms with Crippen molar-refractivity contribution in [1.29, 1.82) is 0 Å². The van der Waals surface area contributed by atoms with E-state index >= 15 is 0 Å². The zero-order valence-electron chi connectivity index (χ0n) is 19.5. The lowest BCUT2D eigenvalue weighted by Gasteiger charge is -2.33. The molecule has 0 saturated carbocycles. The maximum atomic E-state index is 13.5. The van der Waals surface area contributed by atoms with E-state index < -0.39 is 23.6 Å². The number of alkyl halides is 3. The lowest BCUT2D eigenvalue weighted by atomic mass is 9.90. The van der Waals surface area contributed by atoms with Gasteiger partial charge < -0.3 is 9.64 Å². The van der Waals surface area contributed by atoms with Crippen molar-refractivity contribution in [2.75, 3.05) is 13.1 Å². The van der Waals surface area contributed by atoms with E-state index in [0.29, 0.717) is 43.2 Å². The number of piperidine rings is 1. The Bertz CT molecular complexity index is 1290. The fourth-order valence-electron chi connectivity index (χ4n) is 4.03. The van der Waals surface area contributed by atoms with Gasteiger partial charge >= 0.3 is 12.3 Å². The third-order valence-corrected chi connectivity index (χ3v) is 5.63. The number of aromatic nitrogens is 5. The Balaban J connectivity index is 1.64. The van der Waals surface area contributed by atoms with Crippen LogP contribution in [0.3, 0.4) is 0 Å². The van der Waals surface area contributed by atoms with Crippen molar-refractivity contribution < 1.29 is 22.7 Å². The third-order valence-electron chi connectivity index (χ3n) is 5.63. The molecule has 0 aromatic carbocycles. The molecule has 1 fully saturated rings. The summed E-state index contributed by atoms with van der Waals surface area (Å²) < 4.78 is 46.0. The van der Waals surface area contributed by atoms with Crippen LogP contribution in [0.15, 0.2) is 35.6 Å². The second-order valence-electron chi connectivity index (χ2n) is 9.39. The molecular formula is C23H25F3N6O3. The summed E-state index contributed by atoms with van der Waals surface area (Å²) in [5, 5.41) is 0. The highest BCUT2D eigenvalue weighted by Crippen LogP contribution is 2.29. The van der Waals surface area contributed by atoms with E-state index in [4.69, 9.17) is 4.74 Å². The van der Waals surface area contributed by atoms with E-state index in [-0.39, 0.29) is 29.4 Å². The number of nitrogens with zero attached hydrogens (tertiary/aromatic N) is 6. The van der Waals surface area contributed by atoms with Crippen LogP contribution in [0, 0.1) is 0 Å². The molecule has 35 heavy (non-hydrogen) atoms. The summed E-state index contributed by atoms with van der Waals surface area (Å²) in [6.07, 6.45) is 0.730. The van der Waals surface area contributed by atoms with Gasteiger partial charge in [-0.25, -0.2) is 14.8 Å². The first-order chi connectivity index (χ1) is 16.4. The van der Waals surface area contributed by atoms with Crippen LogP contribution in [0.25, 0.3) is 11.2 Å². The lowest BCUT2D eigenvalue weighted by molar-refractivity contribution is -0.141. The summed E-state index contributed by atoms with van der Waals surface area (Å²) >= 11 is 0. The van der Waals surface area contributed by atoms with Gasteiger partial charge in [0.1, 0.15) is 11.1 Å². The minimum Gasteiger partial charge on any atom is -0.444 e. The van der Waals surface area contributed by atoms with E-state index in [1.165, 1.54) is 23.2 Å². The maximum absolute atomic E-state index is 13.5. The molecule has 4 heterocycles. The molecule has 4 rings (SSSR count). The van der Waals surface area contributed by atoms with E-state index in [1.54, 1.807) is 31.7 Å². The Morgan fingerprint density at radius 3 is 2.46 bits per heavy atom. The fraction of sp³-hybridized carbons (Fsp3) is 0.478. The van der Waals surface area contributed by atoms with Crippen LogP contribution in [-0.2, 0) is 17.5 Å². The van der Waals surface area contributed by atoms with Gasteiger partial charge in [-0.2, -0.15) is 13.2 Å². The average molecular weight is 490 g/mol. The van der Waals surface area contributed by atoms with Crippen LogP contribution < -0.4 is 5.56 Å². The number of likely N-dealkylation sites (tertiary alicyclic amines) is 1. The molecule has 0 atom stereocenters. The number of hydrogen-bond donors (Lipinski definition) is 0. The molecule has 9 nitrogen and oxygen atoms in total. The highest BCUT2D eigenvalue weighted by Gasteiger charge is 2.33. The molecule has 12 heteroatoms. The summed E-state index contributed by atoms with van der Waals surface area (Å²) in [6, 6.07) is 1.67. The van der Waals surface area contributed by atoms with Crippen molar-refractivity contribution in [3.63, 3.8) is 0 Å². The Hall–Kier alpha value is -3.57. The van der Waals surface area contributed by atoms with Gasteiger partial charge in [0.25, 0.3) is 5.56 Å². The highest BCUT2D eigenvalue weighted by molar-refractivity contribution is 5.71. The number of ether oxygens (including phenoxy) is 1. The van der Waals surface area contributed by atoms with Crippen LogP contribution in [-0.4, -0.2) is 54.2 Å². The number of fused-ring (bicyclic) bond motifs is 1. The SMILES string of the molecule is CC(C)(C)OC(=O)N1CCC(c2cc3nccnc3n(Cc3cncc(C(F)(F)F)n3)c2=O)CC1. The van der Waals surface area contributed by atoms with E-state index in [2.05, 4.69) is 19.9 Å². The van der Waals surface area contributed by atoms with Crippen LogP contribution in [0.4, 0.5) is 18.0 Å². The summed E-state index contributed by atoms with van der Waals surface area (Å²) in [5.41, 5.74) is -0.988. The van der Waals surface area contributed by atoms with Gasteiger partial charge in [0, 0.05) is 31.0 Å². The van der Waals surface area contributed by atoms with Crippen LogP contribution in [0.2, 0.25) is 0 Å². The van der Waals surface area contributed by atoms with Gasteiger partial charge in [-0.05, 0) is 45.6 Å². The smallest absolute Gasteiger partial charge is 0.434 e. The van der Waals surface area contributed by atoms with Gasteiger partial charge in [-0.15, -0.1) is 0 Å². The molecule has 0 unspecified atom stereocenters. The van der Waals surface area contributed by atoms with E-state index in [0.717, 1.165) is 0 Å². The summed E-state index contributed by atoms with van der Waals surface area (Å²) in [5.74, 6) is -0.161. The maximum Gasteiger partial charge on any atom is 0.434 e. The Kier molecular flexibility index (Phi) is 6.48. The summed E-state index contributed by atoms with van der Waals surface area (Å²) in [7, 11) is 0. The number of amides is 1. The third kappa shape index (κ3) is 5.57. The van der Waals surface area contributed by atoms with Gasteiger partial charge in [-0.3, -0.25) is 19.3 Å². The molecule has 1 aliphatic heterocycles. The first-order valence-electron chi connectivity index (χ1n) is 11.1. The van der Waals surface area contributed by atoms with Crippen molar-refractivity contribution in [1.82, 2.24) is 29.4 Å². The molecule has 0 N–H and O–H groups in total. The van der Waals surface area contributed by atoms with Crippen molar-refractivity contribution in [3.05, 3.63) is 58.2 Å². The molecule has 1 saturated heterocycles. The molecule has 0 spiro atoms. The molecule has 1 aliphatic rings. The Morgan fingerprint density at radius 1 is 1.11 bits per heavy atom. The van der Waals surface area contributed by atoms with E-state index in [9.17, 15) is 22.8 Å². The van der Waals surface area contributed by atoms with Crippen molar-refractivity contribution in [2.24, 2.45) is 0 Å². The lowest BCUT2D eigenvalue weighted by Crippen LogP contribution is -2.42. The summed E-state index contributed by atoms with van der Waals surface area (Å²) in [4.78, 5) is 43.3. The monoisotopic (exact) mass is 490 g/mol. The molecule has 186 valence electrons. The molecule has 0 radical (unpaired) electrons. The fourth-order valence-corrected chi connectivity index (χ4v) is 4.03. The molecule has 3 aromatic rings. The minimum atomic E-state index is -4.65. The molecule has 0 aliphatic carbocycles. The Labute approximate surface area is 199 Å². The zero-order valence-corrected chi connectivity index (χ0v) is 19.5. The van der Waals surface area contributed by atoms with Gasteiger partial charge in [0.05, 0.1) is 24.6 Å². The zero-order chi connectivity index (χ0) is 25.4. The summed E-state index contributed by atoms with van der Waals surface area (Å²) in [6.45, 7) is 5.98. The van der Waals surface area contributed by atoms with Gasteiger partial charge in [0.15, 0.2) is 11.3 Å². The second-order valence-corrected chi connectivity index (χ2v) is 9.39. The van der Waals surface area contributed by atoms with Crippen molar-refractivity contribution >= 4 is 17.3 Å². The first kappa shape index (κ1) is 24.6. The molecule has 0 bridgehead atoms. The number of hydrogen-bond acceptors (Lipinski definition) is 7. The van der Waals surface area contributed by atoms with Gasteiger partial charge in [0.2, 0.25) is 0 Å². The standard InChI is InChI=1S/C23H25F3N6O3/c1-22(2,3)35-21(34)31-8-4-14(5-9-31)16-10-17-19(29-7-6-28-17)32(20(16)33)13-15-11-27-12-18(30-15)23(24,25)26/h6-7,10-12,14H,4-5,8-9,13H2,1-3H3. The van der Waals surface area contributed by atoms with Crippen molar-refractivity contribution in [3.8, 4) is 0 Å². The molecule has 3 aromatic heterocycles. The van der Waals surface area contributed by atoms with Crippen LogP contribution in [0.1, 0.15) is 56.5 Å². The van der Waals surface area contributed by atoms with Crippen molar-refractivity contribution in [2.45, 2.75) is 57.9 Å². The minimum absolute atomic E-state index is 0.0224.